The summed E-state index contributed by atoms with van der Waals surface area (Å²) in [5.41, 5.74) is 6.48. The number of carbonyl (C=O) groups excluding carboxylic acids is 1. The third-order valence-corrected chi connectivity index (χ3v) is 3.59. The molecule has 0 aliphatic heterocycles. The highest BCUT2D eigenvalue weighted by atomic mass is 35.5. The molecule has 118 valence electrons. The van der Waals surface area contributed by atoms with Crippen molar-refractivity contribution in [2.75, 3.05) is 16.3 Å². The Kier molecular flexibility index (Phi) is 6.44. The topological polar surface area (TPSA) is 101 Å². The zero-order chi connectivity index (χ0) is 16.0. The fraction of sp³-hybridized carbons (Fsp3) is 0.462. The highest BCUT2D eigenvalue weighted by Gasteiger charge is 2.12. The van der Waals surface area contributed by atoms with Gasteiger partial charge in [0.15, 0.2) is 0 Å². The molecule has 1 unspecified atom stereocenters. The maximum atomic E-state index is 11.9. The molecular weight excluding hydrogens is 314 g/mol. The predicted molar refractivity (Wildman–Crippen MR) is 86.0 cm³/mol. The van der Waals surface area contributed by atoms with E-state index < -0.39 is 10.0 Å². The monoisotopic (exact) mass is 333 g/mol. The quantitative estimate of drug-likeness (QED) is 0.711. The summed E-state index contributed by atoms with van der Waals surface area (Å²) >= 11 is 5.99. The average molecular weight is 334 g/mol. The molecule has 0 bridgehead atoms. The Morgan fingerprint density at radius 2 is 2.10 bits per heavy atom. The number of amides is 1. The number of hydrogen-bond donors (Lipinski definition) is 3. The lowest BCUT2D eigenvalue weighted by atomic mass is 10.1. The van der Waals surface area contributed by atoms with Gasteiger partial charge in [0.05, 0.1) is 22.7 Å². The minimum Gasteiger partial charge on any atom is -0.327 e. The molecule has 0 saturated heterocycles. The molecule has 6 nitrogen and oxygen atoms in total. The van der Waals surface area contributed by atoms with Crippen LogP contribution in [-0.4, -0.2) is 26.6 Å². The molecule has 0 saturated carbocycles. The van der Waals surface area contributed by atoms with Crippen molar-refractivity contribution in [3.8, 4) is 0 Å². The molecular formula is C13H20ClN3O3S. The van der Waals surface area contributed by atoms with Gasteiger partial charge in [-0.05, 0) is 24.6 Å². The molecule has 1 atom stereocenters. The first kappa shape index (κ1) is 17.7. The van der Waals surface area contributed by atoms with Crippen LogP contribution in [0, 0.1) is 0 Å². The molecule has 1 amide bonds. The van der Waals surface area contributed by atoms with E-state index in [1.807, 2.05) is 6.92 Å². The summed E-state index contributed by atoms with van der Waals surface area (Å²) in [5.74, 6) is -0.255. The van der Waals surface area contributed by atoms with Crippen molar-refractivity contribution < 1.29 is 13.2 Å². The Morgan fingerprint density at radius 1 is 1.43 bits per heavy atom. The number of sulfonamides is 1. The maximum absolute atomic E-state index is 11.9. The van der Waals surface area contributed by atoms with Crippen molar-refractivity contribution in [3.05, 3.63) is 23.2 Å². The molecule has 0 spiro atoms. The summed E-state index contributed by atoms with van der Waals surface area (Å²) in [6.07, 6.45) is 2.90. The molecule has 0 heterocycles. The van der Waals surface area contributed by atoms with Crippen LogP contribution < -0.4 is 15.8 Å². The van der Waals surface area contributed by atoms with Gasteiger partial charge < -0.3 is 11.1 Å². The standard InChI is InChI=1S/C13H20ClN3O3S/c1-3-4-9(15)7-13(18)16-12-8-10(5-6-11(12)14)17-21(2,19)20/h5-6,8-9,17H,3-4,7,15H2,1-2H3,(H,16,18). The lowest BCUT2D eigenvalue weighted by molar-refractivity contribution is -0.116. The largest absolute Gasteiger partial charge is 0.327 e. The van der Waals surface area contributed by atoms with Crippen LogP contribution in [-0.2, 0) is 14.8 Å². The first-order chi connectivity index (χ1) is 9.71. The number of nitrogens with one attached hydrogen (secondary N) is 2. The van der Waals surface area contributed by atoms with Crippen LogP contribution in [0.3, 0.4) is 0 Å². The van der Waals surface area contributed by atoms with Crippen LogP contribution in [0.15, 0.2) is 18.2 Å². The van der Waals surface area contributed by atoms with Gasteiger partial charge in [-0.1, -0.05) is 24.9 Å². The second kappa shape index (κ2) is 7.63. The van der Waals surface area contributed by atoms with Gasteiger partial charge in [-0.15, -0.1) is 0 Å². The first-order valence-corrected chi connectivity index (χ1v) is 8.81. The van der Waals surface area contributed by atoms with E-state index in [4.69, 9.17) is 17.3 Å². The highest BCUT2D eigenvalue weighted by Crippen LogP contribution is 2.26. The molecule has 1 rings (SSSR count). The van der Waals surface area contributed by atoms with Crippen molar-refractivity contribution in [1.82, 2.24) is 0 Å². The summed E-state index contributed by atoms with van der Waals surface area (Å²) in [5, 5.41) is 2.97. The third kappa shape index (κ3) is 6.79. The molecule has 4 N–H and O–H groups in total. The molecule has 1 aromatic rings. The normalized spacial score (nSPS) is 12.8. The van der Waals surface area contributed by atoms with E-state index in [1.54, 1.807) is 0 Å². The molecule has 21 heavy (non-hydrogen) atoms. The van der Waals surface area contributed by atoms with Crippen LogP contribution in [0.2, 0.25) is 5.02 Å². The minimum absolute atomic E-state index is 0.188. The second-order valence-corrected chi connectivity index (χ2v) is 7.03. The fourth-order valence-electron chi connectivity index (χ4n) is 1.81. The zero-order valence-corrected chi connectivity index (χ0v) is 13.6. The van der Waals surface area contributed by atoms with Crippen molar-refractivity contribution in [3.63, 3.8) is 0 Å². The lowest BCUT2D eigenvalue weighted by Gasteiger charge is -2.13. The van der Waals surface area contributed by atoms with Crippen molar-refractivity contribution in [2.45, 2.75) is 32.2 Å². The summed E-state index contributed by atoms with van der Waals surface area (Å²) in [6, 6.07) is 4.29. The first-order valence-electron chi connectivity index (χ1n) is 6.54. The Labute approximate surface area is 130 Å². The number of nitrogens with two attached hydrogens (primary N) is 1. The van der Waals surface area contributed by atoms with E-state index >= 15 is 0 Å². The van der Waals surface area contributed by atoms with Gasteiger partial charge >= 0.3 is 0 Å². The number of rotatable bonds is 7. The van der Waals surface area contributed by atoms with Gasteiger partial charge in [-0.25, -0.2) is 8.42 Å². The van der Waals surface area contributed by atoms with E-state index in [0.29, 0.717) is 16.4 Å². The third-order valence-electron chi connectivity index (χ3n) is 2.65. The van der Waals surface area contributed by atoms with E-state index in [-0.39, 0.29) is 18.4 Å². The van der Waals surface area contributed by atoms with Crippen LogP contribution in [0.5, 0.6) is 0 Å². The van der Waals surface area contributed by atoms with E-state index in [1.165, 1.54) is 18.2 Å². The number of benzene rings is 1. The number of carbonyl (C=O) groups is 1. The van der Waals surface area contributed by atoms with Crippen LogP contribution in [0.4, 0.5) is 11.4 Å². The number of hydrogen-bond acceptors (Lipinski definition) is 4. The Hall–Kier alpha value is -1.31. The van der Waals surface area contributed by atoms with Crippen molar-refractivity contribution in [2.24, 2.45) is 5.73 Å². The van der Waals surface area contributed by atoms with Gasteiger partial charge in [-0.3, -0.25) is 9.52 Å². The van der Waals surface area contributed by atoms with E-state index in [2.05, 4.69) is 10.0 Å². The molecule has 8 heteroatoms. The average Bonchev–Trinajstić information content (AvgIpc) is 2.31. The Balaban J connectivity index is 2.78. The van der Waals surface area contributed by atoms with E-state index in [0.717, 1.165) is 19.1 Å². The zero-order valence-electron chi connectivity index (χ0n) is 12.0. The predicted octanol–water partition coefficient (Wildman–Crippen LogP) is 2.17. The highest BCUT2D eigenvalue weighted by molar-refractivity contribution is 7.92. The molecule has 0 fully saturated rings. The SMILES string of the molecule is CCCC(N)CC(=O)Nc1cc(NS(C)(=O)=O)ccc1Cl. The molecule has 0 aliphatic rings. The van der Waals surface area contributed by atoms with Crippen LogP contribution in [0.1, 0.15) is 26.2 Å². The summed E-state index contributed by atoms with van der Waals surface area (Å²) in [7, 11) is -3.39. The van der Waals surface area contributed by atoms with Gasteiger partial charge in [0.25, 0.3) is 0 Å². The van der Waals surface area contributed by atoms with Crippen molar-refractivity contribution in [1.29, 1.82) is 0 Å². The number of anilines is 2. The Morgan fingerprint density at radius 3 is 2.67 bits per heavy atom. The number of halogens is 1. The lowest BCUT2D eigenvalue weighted by Crippen LogP contribution is -2.27. The van der Waals surface area contributed by atoms with Gasteiger partial charge in [0, 0.05) is 12.5 Å². The maximum Gasteiger partial charge on any atom is 0.229 e. The molecule has 1 aromatic carbocycles. The summed E-state index contributed by atoms with van der Waals surface area (Å²) in [4.78, 5) is 11.9. The van der Waals surface area contributed by atoms with E-state index in [9.17, 15) is 13.2 Å². The summed E-state index contributed by atoms with van der Waals surface area (Å²) in [6.45, 7) is 2.00. The fourth-order valence-corrected chi connectivity index (χ4v) is 2.53. The van der Waals surface area contributed by atoms with Gasteiger partial charge in [-0.2, -0.15) is 0 Å². The Bertz CT molecular complexity index is 605. The van der Waals surface area contributed by atoms with Crippen molar-refractivity contribution >= 4 is 38.9 Å². The second-order valence-electron chi connectivity index (χ2n) is 4.87. The summed E-state index contributed by atoms with van der Waals surface area (Å²) < 4.78 is 24.7. The molecule has 0 radical (unpaired) electrons. The van der Waals surface area contributed by atoms with Crippen LogP contribution in [0.25, 0.3) is 0 Å². The smallest absolute Gasteiger partial charge is 0.229 e. The van der Waals surface area contributed by atoms with Gasteiger partial charge in [0.2, 0.25) is 15.9 Å². The van der Waals surface area contributed by atoms with Crippen LogP contribution >= 0.6 is 11.6 Å². The molecule has 0 aromatic heterocycles. The molecule has 0 aliphatic carbocycles. The van der Waals surface area contributed by atoms with Gasteiger partial charge in [0.1, 0.15) is 0 Å². The minimum atomic E-state index is -3.39.